The van der Waals surface area contributed by atoms with Crippen molar-refractivity contribution in [3.05, 3.63) is 91.6 Å². The number of nitrogens with zero attached hydrogens (tertiary/aromatic N) is 3. The number of nitrogens with one attached hydrogen (secondary N) is 1. The Hall–Kier alpha value is -2.61. The lowest BCUT2D eigenvalue weighted by Crippen LogP contribution is -2.50. The molecule has 1 N–H and O–H groups in total. The van der Waals surface area contributed by atoms with Gasteiger partial charge in [0.2, 0.25) is 0 Å². The number of aryl methyl sites for hydroxylation is 1. The number of fused-ring (bicyclic) bond motifs is 2. The van der Waals surface area contributed by atoms with Gasteiger partial charge >= 0.3 is 0 Å². The van der Waals surface area contributed by atoms with Gasteiger partial charge in [-0.1, -0.05) is 53.7 Å². The lowest BCUT2D eigenvalue weighted by atomic mass is 10.1. The molecule has 0 spiro atoms. The SMILES string of the molecule is Cc1ccsc1[C@H]1N=c2ccccc2=C2C(=O)NC(SCc3ccc(Cl)cc3)=NN21. The first-order valence-electron chi connectivity index (χ1n) is 9.38. The average Bonchev–Trinajstić information content (AvgIpc) is 3.18. The van der Waals surface area contributed by atoms with E-state index >= 15 is 0 Å². The summed E-state index contributed by atoms with van der Waals surface area (Å²) in [6.45, 7) is 2.06. The highest BCUT2D eigenvalue weighted by molar-refractivity contribution is 8.13. The Kier molecular flexibility index (Phi) is 5.10. The van der Waals surface area contributed by atoms with Gasteiger partial charge in [-0.25, -0.2) is 5.01 Å². The normalized spacial score (nSPS) is 17.6. The van der Waals surface area contributed by atoms with Crippen LogP contribution in [-0.2, 0) is 10.5 Å². The fraction of sp³-hybridized carbons (Fsp3) is 0.136. The van der Waals surface area contributed by atoms with Gasteiger partial charge in [0.25, 0.3) is 5.91 Å². The molecule has 150 valence electrons. The highest BCUT2D eigenvalue weighted by Gasteiger charge is 2.35. The van der Waals surface area contributed by atoms with Crippen LogP contribution in [0, 0.1) is 6.92 Å². The first-order chi connectivity index (χ1) is 14.6. The molecule has 0 saturated heterocycles. The molecular weight excluding hydrogens is 436 g/mol. The molecule has 30 heavy (non-hydrogen) atoms. The monoisotopic (exact) mass is 452 g/mol. The van der Waals surface area contributed by atoms with Crippen molar-refractivity contribution in [2.75, 3.05) is 0 Å². The number of amides is 1. The third-order valence-corrected chi connectivity index (χ3v) is 7.19. The maximum absolute atomic E-state index is 13.1. The number of halogens is 1. The number of para-hydroxylation sites is 1. The summed E-state index contributed by atoms with van der Waals surface area (Å²) in [5.74, 6) is 0.515. The van der Waals surface area contributed by atoms with E-state index in [0.717, 1.165) is 26.6 Å². The second kappa shape index (κ2) is 7.91. The molecule has 1 aromatic heterocycles. The van der Waals surface area contributed by atoms with E-state index in [0.29, 0.717) is 21.6 Å². The molecule has 1 amide bonds. The summed E-state index contributed by atoms with van der Waals surface area (Å²) < 4.78 is 0. The van der Waals surface area contributed by atoms with Crippen LogP contribution < -0.4 is 15.9 Å². The number of hydrogen-bond acceptors (Lipinski definition) is 6. The number of carbonyl (C=O) groups excluding carboxylic acids is 1. The van der Waals surface area contributed by atoms with Gasteiger partial charge in [0.05, 0.1) is 10.2 Å². The summed E-state index contributed by atoms with van der Waals surface area (Å²) in [6, 6.07) is 17.5. The van der Waals surface area contributed by atoms with Crippen LogP contribution >= 0.6 is 34.7 Å². The molecule has 8 heteroatoms. The molecular formula is C22H17ClN4OS2. The standard InChI is InChI=1S/C22H17ClN4OS2/c1-13-10-11-29-19(13)20-24-17-5-3-2-4-16(17)18-21(28)25-22(26-27(18)20)30-12-14-6-8-15(23)9-7-14/h2-11,20H,12H2,1H3,(H,25,26,28)/t20-/m0/s1. The molecule has 5 nitrogen and oxygen atoms in total. The Morgan fingerprint density at radius 3 is 2.73 bits per heavy atom. The van der Waals surface area contributed by atoms with Crippen LogP contribution in [0.1, 0.15) is 22.2 Å². The Labute approximate surface area is 186 Å². The summed E-state index contributed by atoms with van der Waals surface area (Å²) in [7, 11) is 0. The molecule has 0 aliphatic carbocycles. The second-order valence-electron chi connectivity index (χ2n) is 6.96. The minimum Gasteiger partial charge on any atom is -0.298 e. The third-order valence-electron chi connectivity index (χ3n) is 4.94. The van der Waals surface area contributed by atoms with Gasteiger partial charge in [0.1, 0.15) is 5.70 Å². The Morgan fingerprint density at radius 2 is 1.97 bits per heavy atom. The summed E-state index contributed by atoms with van der Waals surface area (Å²) in [6.07, 6.45) is -0.355. The smallest absolute Gasteiger partial charge is 0.276 e. The summed E-state index contributed by atoms with van der Waals surface area (Å²) in [5, 5.41) is 14.4. The van der Waals surface area contributed by atoms with Gasteiger partial charge < -0.3 is 0 Å². The van der Waals surface area contributed by atoms with Gasteiger partial charge in [0, 0.05) is 16.0 Å². The first-order valence-corrected chi connectivity index (χ1v) is 11.6. The van der Waals surface area contributed by atoms with E-state index in [-0.39, 0.29) is 12.1 Å². The van der Waals surface area contributed by atoms with E-state index in [1.54, 1.807) is 16.3 Å². The fourth-order valence-electron chi connectivity index (χ4n) is 3.44. The van der Waals surface area contributed by atoms with Gasteiger partial charge in [-0.2, -0.15) is 0 Å². The minimum absolute atomic E-state index is 0.162. The molecule has 3 heterocycles. The highest BCUT2D eigenvalue weighted by Crippen LogP contribution is 2.35. The molecule has 0 bridgehead atoms. The molecule has 0 fully saturated rings. The zero-order valence-electron chi connectivity index (χ0n) is 16.0. The summed E-state index contributed by atoms with van der Waals surface area (Å²) in [5.41, 5.74) is 2.79. The zero-order valence-corrected chi connectivity index (χ0v) is 18.4. The average molecular weight is 453 g/mol. The molecule has 0 unspecified atom stereocenters. The lowest BCUT2D eigenvalue weighted by Gasteiger charge is -2.33. The van der Waals surface area contributed by atoms with Crippen LogP contribution in [-0.4, -0.2) is 16.1 Å². The van der Waals surface area contributed by atoms with E-state index < -0.39 is 0 Å². The predicted octanol–water partition coefficient (Wildman–Crippen LogP) is 3.79. The minimum atomic E-state index is -0.355. The molecule has 3 aromatic rings. The number of rotatable bonds is 3. The van der Waals surface area contributed by atoms with Crippen LogP contribution in [0.25, 0.3) is 5.70 Å². The van der Waals surface area contributed by atoms with Gasteiger partial charge in [-0.15, -0.1) is 16.4 Å². The van der Waals surface area contributed by atoms with E-state index in [2.05, 4.69) is 18.3 Å². The van der Waals surface area contributed by atoms with Gasteiger partial charge in [0.15, 0.2) is 11.3 Å². The quantitative estimate of drug-likeness (QED) is 0.657. The van der Waals surface area contributed by atoms with Crippen molar-refractivity contribution in [1.82, 2.24) is 10.3 Å². The highest BCUT2D eigenvalue weighted by atomic mass is 35.5. The number of carbonyl (C=O) groups is 1. The van der Waals surface area contributed by atoms with Crippen molar-refractivity contribution in [2.24, 2.45) is 10.1 Å². The molecule has 5 rings (SSSR count). The van der Waals surface area contributed by atoms with Crippen molar-refractivity contribution in [3.63, 3.8) is 0 Å². The Bertz CT molecular complexity index is 1280. The van der Waals surface area contributed by atoms with Crippen molar-refractivity contribution in [2.45, 2.75) is 18.8 Å². The largest absolute Gasteiger partial charge is 0.298 e. The molecule has 0 radical (unpaired) electrons. The molecule has 2 aliphatic heterocycles. The van der Waals surface area contributed by atoms with Crippen molar-refractivity contribution < 1.29 is 4.79 Å². The number of thiophene rings is 1. The number of hydrogen-bond donors (Lipinski definition) is 1. The number of amidine groups is 1. The van der Waals surface area contributed by atoms with Crippen LogP contribution in [0.3, 0.4) is 0 Å². The maximum Gasteiger partial charge on any atom is 0.276 e. The van der Waals surface area contributed by atoms with Gasteiger partial charge in [-0.05, 0) is 47.7 Å². The number of thioether (sulfide) groups is 1. The number of hydrazone groups is 1. The Balaban J connectivity index is 1.55. The van der Waals surface area contributed by atoms with Crippen molar-refractivity contribution >= 4 is 51.5 Å². The summed E-state index contributed by atoms with van der Waals surface area (Å²) in [4.78, 5) is 19.1. The van der Waals surface area contributed by atoms with E-state index in [1.807, 2.05) is 53.9 Å². The molecule has 2 aliphatic rings. The van der Waals surface area contributed by atoms with Crippen LogP contribution in [0.2, 0.25) is 5.02 Å². The predicted molar refractivity (Wildman–Crippen MR) is 123 cm³/mol. The third kappa shape index (κ3) is 3.53. The lowest BCUT2D eigenvalue weighted by molar-refractivity contribution is -0.116. The van der Waals surface area contributed by atoms with Crippen LogP contribution in [0.5, 0.6) is 0 Å². The van der Waals surface area contributed by atoms with Gasteiger partial charge in [-0.3, -0.25) is 15.1 Å². The maximum atomic E-state index is 13.1. The van der Waals surface area contributed by atoms with E-state index in [9.17, 15) is 4.79 Å². The fourth-order valence-corrected chi connectivity index (χ4v) is 5.32. The molecule has 0 saturated carbocycles. The van der Waals surface area contributed by atoms with Crippen molar-refractivity contribution in [1.29, 1.82) is 0 Å². The summed E-state index contributed by atoms with van der Waals surface area (Å²) >= 11 is 9.08. The number of benzene rings is 2. The topological polar surface area (TPSA) is 57.1 Å². The molecule has 1 atom stereocenters. The Morgan fingerprint density at radius 1 is 1.17 bits per heavy atom. The van der Waals surface area contributed by atoms with Crippen LogP contribution in [0.15, 0.2) is 70.1 Å². The first kappa shape index (κ1) is 19.4. The second-order valence-corrected chi connectivity index (χ2v) is 9.30. The zero-order chi connectivity index (χ0) is 20.7. The van der Waals surface area contributed by atoms with Crippen LogP contribution in [0.4, 0.5) is 0 Å². The molecule has 2 aromatic carbocycles. The van der Waals surface area contributed by atoms with Crippen molar-refractivity contribution in [3.8, 4) is 0 Å². The van der Waals surface area contributed by atoms with E-state index in [1.165, 1.54) is 11.8 Å². The van der Waals surface area contributed by atoms with E-state index in [4.69, 9.17) is 21.7 Å².